The van der Waals surface area contributed by atoms with Crippen molar-refractivity contribution in [2.24, 2.45) is 5.73 Å². The van der Waals surface area contributed by atoms with Gasteiger partial charge in [-0.05, 0) is 33.6 Å². The van der Waals surface area contributed by atoms with Gasteiger partial charge in [0.25, 0.3) is 0 Å². The third kappa shape index (κ3) is 3.52. The molecule has 14 heavy (non-hydrogen) atoms. The van der Waals surface area contributed by atoms with E-state index in [4.69, 9.17) is 10.5 Å². The van der Waals surface area contributed by atoms with Crippen LogP contribution in [0.15, 0.2) is 22.7 Å². The lowest BCUT2D eigenvalue weighted by Crippen LogP contribution is -2.01. The van der Waals surface area contributed by atoms with Gasteiger partial charge in [0.1, 0.15) is 5.75 Å². The summed E-state index contributed by atoms with van der Waals surface area (Å²) in [4.78, 5) is 0. The van der Waals surface area contributed by atoms with Crippen LogP contribution in [0.25, 0.3) is 0 Å². The molecule has 0 amide bonds. The molecular formula is C10H14BrNOS. The lowest BCUT2D eigenvalue weighted by Gasteiger charge is -2.05. The van der Waals surface area contributed by atoms with Gasteiger partial charge in [-0.1, -0.05) is 6.07 Å². The molecule has 0 spiro atoms. The molecule has 0 aromatic heterocycles. The Morgan fingerprint density at radius 3 is 2.86 bits per heavy atom. The number of nitrogens with two attached hydrogens (primary N) is 1. The number of ether oxygens (including phenoxy) is 1. The molecule has 2 nitrogen and oxygen atoms in total. The molecule has 2 N–H and O–H groups in total. The zero-order valence-corrected chi connectivity index (χ0v) is 10.5. The van der Waals surface area contributed by atoms with E-state index in [0.717, 1.165) is 28.3 Å². The predicted molar refractivity (Wildman–Crippen MR) is 65.9 cm³/mol. The molecule has 0 radical (unpaired) electrons. The molecule has 1 aromatic rings. The number of methoxy groups -OCH3 is 1. The Hall–Kier alpha value is -0.190. The van der Waals surface area contributed by atoms with Crippen LogP contribution in [-0.4, -0.2) is 19.4 Å². The highest BCUT2D eigenvalue weighted by Gasteiger charge is 2.00. The van der Waals surface area contributed by atoms with Crippen molar-refractivity contribution in [2.75, 3.05) is 19.4 Å². The number of benzene rings is 1. The second-order valence-electron chi connectivity index (χ2n) is 2.81. The highest BCUT2D eigenvalue weighted by Crippen LogP contribution is 2.26. The maximum Gasteiger partial charge on any atom is 0.133 e. The third-order valence-corrected chi connectivity index (χ3v) is 3.43. The van der Waals surface area contributed by atoms with Crippen LogP contribution in [0.1, 0.15) is 5.56 Å². The molecule has 0 bridgehead atoms. The molecule has 78 valence electrons. The first-order valence-electron chi connectivity index (χ1n) is 4.38. The topological polar surface area (TPSA) is 35.2 Å². The van der Waals surface area contributed by atoms with Crippen LogP contribution in [0.5, 0.6) is 5.75 Å². The SMILES string of the molecule is COc1ccc(CSCCN)cc1Br. The van der Waals surface area contributed by atoms with Crippen LogP contribution < -0.4 is 10.5 Å². The Balaban J connectivity index is 2.57. The van der Waals surface area contributed by atoms with Gasteiger partial charge < -0.3 is 10.5 Å². The second kappa shape index (κ2) is 6.32. The average molecular weight is 276 g/mol. The van der Waals surface area contributed by atoms with Crippen molar-refractivity contribution < 1.29 is 4.74 Å². The molecule has 0 saturated carbocycles. The Kier molecular flexibility index (Phi) is 5.37. The molecule has 0 atom stereocenters. The summed E-state index contributed by atoms with van der Waals surface area (Å²) in [5.74, 6) is 2.88. The van der Waals surface area contributed by atoms with Crippen LogP contribution in [0.4, 0.5) is 0 Å². The number of rotatable bonds is 5. The first kappa shape index (κ1) is 11.9. The van der Waals surface area contributed by atoms with Crippen LogP contribution in [0.3, 0.4) is 0 Å². The summed E-state index contributed by atoms with van der Waals surface area (Å²) in [7, 11) is 1.67. The van der Waals surface area contributed by atoms with E-state index >= 15 is 0 Å². The van der Waals surface area contributed by atoms with Gasteiger partial charge in [0.05, 0.1) is 11.6 Å². The number of thioether (sulfide) groups is 1. The average Bonchev–Trinajstić information content (AvgIpc) is 2.18. The van der Waals surface area contributed by atoms with E-state index in [0.29, 0.717) is 0 Å². The van der Waals surface area contributed by atoms with Crippen molar-refractivity contribution >= 4 is 27.7 Å². The van der Waals surface area contributed by atoms with Crippen molar-refractivity contribution in [1.82, 2.24) is 0 Å². The molecule has 0 aliphatic rings. The highest BCUT2D eigenvalue weighted by molar-refractivity contribution is 9.10. The smallest absolute Gasteiger partial charge is 0.133 e. The summed E-state index contributed by atoms with van der Waals surface area (Å²) in [6.45, 7) is 0.738. The second-order valence-corrected chi connectivity index (χ2v) is 4.77. The maximum absolute atomic E-state index is 5.42. The molecule has 0 aliphatic heterocycles. The summed E-state index contributed by atoms with van der Waals surface area (Å²) >= 11 is 5.30. The molecule has 0 aliphatic carbocycles. The fraction of sp³-hybridized carbons (Fsp3) is 0.400. The zero-order chi connectivity index (χ0) is 10.4. The summed E-state index contributed by atoms with van der Waals surface area (Å²) in [6, 6.07) is 6.14. The van der Waals surface area contributed by atoms with Crippen LogP contribution in [0.2, 0.25) is 0 Å². The van der Waals surface area contributed by atoms with Gasteiger partial charge in [-0.3, -0.25) is 0 Å². The van der Waals surface area contributed by atoms with Crippen LogP contribution in [0, 0.1) is 0 Å². The standard InChI is InChI=1S/C10H14BrNOS/c1-13-10-3-2-8(6-9(10)11)7-14-5-4-12/h2-3,6H,4-5,7,12H2,1H3. The van der Waals surface area contributed by atoms with Crippen molar-refractivity contribution in [3.8, 4) is 5.75 Å². The van der Waals surface area contributed by atoms with Crippen molar-refractivity contribution in [3.63, 3.8) is 0 Å². The monoisotopic (exact) mass is 275 g/mol. The number of halogens is 1. The summed E-state index contributed by atoms with van der Waals surface area (Å²) < 4.78 is 6.16. The lowest BCUT2D eigenvalue weighted by atomic mass is 10.2. The van der Waals surface area contributed by atoms with E-state index in [1.807, 2.05) is 17.8 Å². The van der Waals surface area contributed by atoms with E-state index in [1.165, 1.54) is 5.56 Å². The van der Waals surface area contributed by atoms with Crippen molar-refractivity contribution in [2.45, 2.75) is 5.75 Å². The number of hydrogen-bond donors (Lipinski definition) is 1. The van der Waals surface area contributed by atoms with Gasteiger partial charge in [0.2, 0.25) is 0 Å². The Morgan fingerprint density at radius 1 is 1.50 bits per heavy atom. The van der Waals surface area contributed by atoms with Gasteiger partial charge in [0, 0.05) is 18.1 Å². The summed E-state index contributed by atoms with van der Waals surface area (Å²) in [6.07, 6.45) is 0. The minimum atomic E-state index is 0.738. The molecule has 0 heterocycles. The molecule has 1 aromatic carbocycles. The lowest BCUT2D eigenvalue weighted by molar-refractivity contribution is 0.412. The van der Waals surface area contributed by atoms with Crippen molar-refractivity contribution in [3.05, 3.63) is 28.2 Å². The molecule has 0 unspecified atom stereocenters. The van der Waals surface area contributed by atoms with Gasteiger partial charge in [0.15, 0.2) is 0 Å². The van der Waals surface area contributed by atoms with Gasteiger partial charge in [-0.25, -0.2) is 0 Å². The van der Waals surface area contributed by atoms with Gasteiger partial charge in [-0.15, -0.1) is 0 Å². The van der Waals surface area contributed by atoms with Gasteiger partial charge >= 0.3 is 0 Å². The van der Waals surface area contributed by atoms with E-state index in [-0.39, 0.29) is 0 Å². The Labute approximate surface area is 97.3 Å². The van der Waals surface area contributed by atoms with Crippen molar-refractivity contribution in [1.29, 1.82) is 0 Å². The number of hydrogen-bond acceptors (Lipinski definition) is 3. The largest absolute Gasteiger partial charge is 0.496 e. The molecule has 4 heteroatoms. The zero-order valence-electron chi connectivity index (χ0n) is 8.13. The Morgan fingerprint density at radius 2 is 2.29 bits per heavy atom. The normalized spacial score (nSPS) is 10.2. The maximum atomic E-state index is 5.42. The minimum absolute atomic E-state index is 0.738. The van der Waals surface area contributed by atoms with E-state index < -0.39 is 0 Å². The molecule has 0 fully saturated rings. The van der Waals surface area contributed by atoms with E-state index in [1.54, 1.807) is 7.11 Å². The quantitative estimate of drug-likeness (QED) is 0.840. The molecule has 1 rings (SSSR count). The van der Waals surface area contributed by atoms with Crippen LogP contribution in [-0.2, 0) is 5.75 Å². The molecule has 0 saturated heterocycles. The highest BCUT2D eigenvalue weighted by atomic mass is 79.9. The Bertz CT molecular complexity index is 293. The van der Waals surface area contributed by atoms with Gasteiger partial charge in [-0.2, -0.15) is 11.8 Å². The summed E-state index contributed by atoms with van der Waals surface area (Å²) in [5, 5.41) is 0. The minimum Gasteiger partial charge on any atom is -0.496 e. The third-order valence-electron chi connectivity index (χ3n) is 1.75. The predicted octanol–water partition coefficient (Wildman–Crippen LogP) is 2.65. The first-order valence-corrected chi connectivity index (χ1v) is 6.33. The summed E-state index contributed by atoms with van der Waals surface area (Å²) in [5.41, 5.74) is 6.71. The first-order chi connectivity index (χ1) is 6.77. The van der Waals surface area contributed by atoms with Crippen LogP contribution >= 0.6 is 27.7 Å². The van der Waals surface area contributed by atoms with E-state index in [2.05, 4.69) is 28.1 Å². The fourth-order valence-corrected chi connectivity index (χ4v) is 2.39. The van der Waals surface area contributed by atoms with E-state index in [9.17, 15) is 0 Å². The fourth-order valence-electron chi connectivity index (χ4n) is 1.07. The molecular weight excluding hydrogens is 262 g/mol.